The Morgan fingerprint density at radius 3 is 2.68 bits per heavy atom. The molecule has 5 nitrogen and oxygen atoms in total. The van der Waals surface area contributed by atoms with E-state index in [1.165, 1.54) is 12.1 Å². The number of halogens is 1. The molecule has 1 atom stereocenters. The minimum Gasteiger partial charge on any atom is -0.444 e. The zero-order valence-electron chi connectivity index (χ0n) is 15.2. The third kappa shape index (κ3) is 4.81. The van der Waals surface area contributed by atoms with Crippen LogP contribution in [-0.4, -0.2) is 41.6 Å². The Labute approximate surface area is 147 Å². The molecule has 0 saturated carbocycles. The molecule has 0 aromatic heterocycles. The first-order valence-corrected chi connectivity index (χ1v) is 8.32. The molecule has 1 aromatic rings. The SMILES string of the molecule is C=Cc1cc(C(=O)N2CC[C@@H](NC(=O)OC(C)(C)C)C2)c(F)cc1C. The number of carbonyl (C=O) groups excluding carboxylic acids is 2. The van der Waals surface area contributed by atoms with E-state index in [0.29, 0.717) is 19.5 Å². The quantitative estimate of drug-likeness (QED) is 0.909. The van der Waals surface area contributed by atoms with Crippen molar-refractivity contribution in [3.63, 3.8) is 0 Å². The van der Waals surface area contributed by atoms with Gasteiger partial charge in [0.25, 0.3) is 5.91 Å². The summed E-state index contributed by atoms with van der Waals surface area (Å²) in [7, 11) is 0. The summed E-state index contributed by atoms with van der Waals surface area (Å²) in [5, 5.41) is 2.75. The summed E-state index contributed by atoms with van der Waals surface area (Å²) in [6, 6.07) is 2.66. The van der Waals surface area contributed by atoms with E-state index >= 15 is 0 Å². The van der Waals surface area contributed by atoms with Crippen molar-refractivity contribution in [2.75, 3.05) is 13.1 Å². The zero-order chi connectivity index (χ0) is 18.8. The van der Waals surface area contributed by atoms with Crippen molar-refractivity contribution in [2.24, 2.45) is 0 Å². The number of ether oxygens (including phenoxy) is 1. The van der Waals surface area contributed by atoms with Crippen molar-refractivity contribution in [1.29, 1.82) is 0 Å². The lowest BCUT2D eigenvalue weighted by Crippen LogP contribution is -2.41. The Bertz CT molecular complexity index is 695. The van der Waals surface area contributed by atoms with E-state index in [9.17, 15) is 14.0 Å². The number of amides is 2. The van der Waals surface area contributed by atoms with Gasteiger partial charge in [-0.3, -0.25) is 4.79 Å². The number of benzene rings is 1. The number of nitrogens with one attached hydrogen (secondary N) is 1. The summed E-state index contributed by atoms with van der Waals surface area (Å²) >= 11 is 0. The van der Waals surface area contributed by atoms with E-state index in [1.807, 2.05) is 0 Å². The van der Waals surface area contributed by atoms with Crippen molar-refractivity contribution in [3.8, 4) is 0 Å². The predicted octanol–water partition coefficient (Wildman–Crippen LogP) is 3.52. The summed E-state index contributed by atoms with van der Waals surface area (Å²) in [5.41, 5.74) is 0.908. The van der Waals surface area contributed by atoms with Gasteiger partial charge in [-0.1, -0.05) is 12.7 Å². The molecule has 1 saturated heterocycles. The van der Waals surface area contributed by atoms with Crippen molar-refractivity contribution < 1.29 is 18.7 Å². The molecule has 0 unspecified atom stereocenters. The van der Waals surface area contributed by atoms with Crippen LogP contribution in [0.1, 0.15) is 48.7 Å². The van der Waals surface area contributed by atoms with Crippen molar-refractivity contribution in [1.82, 2.24) is 10.2 Å². The van der Waals surface area contributed by atoms with Crippen molar-refractivity contribution >= 4 is 18.1 Å². The van der Waals surface area contributed by atoms with Crippen LogP contribution in [0.3, 0.4) is 0 Å². The maximum atomic E-state index is 14.2. The highest BCUT2D eigenvalue weighted by atomic mass is 19.1. The molecule has 1 aromatic carbocycles. The molecule has 0 aliphatic carbocycles. The van der Waals surface area contributed by atoms with Gasteiger partial charge < -0.3 is 15.0 Å². The van der Waals surface area contributed by atoms with Crippen molar-refractivity contribution in [3.05, 3.63) is 41.2 Å². The number of hydrogen-bond donors (Lipinski definition) is 1. The molecule has 2 rings (SSSR count). The smallest absolute Gasteiger partial charge is 0.407 e. The number of nitrogens with zero attached hydrogens (tertiary/aromatic N) is 1. The molecule has 0 spiro atoms. The Morgan fingerprint density at radius 2 is 2.08 bits per heavy atom. The molecule has 136 valence electrons. The molecule has 1 N–H and O–H groups in total. The average molecular weight is 348 g/mol. The Hall–Kier alpha value is -2.37. The van der Waals surface area contributed by atoms with Gasteiger partial charge in [0.1, 0.15) is 11.4 Å². The molecule has 1 aliphatic heterocycles. The summed E-state index contributed by atoms with van der Waals surface area (Å²) in [4.78, 5) is 26.0. The number of hydrogen-bond acceptors (Lipinski definition) is 3. The molecule has 0 bridgehead atoms. The Balaban J connectivity index is 2.03. The highest BCUT2D eigenvalue weighted by molar-refractivity contribution is 5.95. The van der Waals surface area contributed by atoms with Gasteiger partial charge in [0.2, 0.25) is 0 Å². The van der Waals surface area contributed by atoms with E-state index in [0.717, 1.165) is 11.1 Å². The zero-order valence-corrected chi connectivity index (χ0v) is 15.2. The van der Waals surface area contributed by atoms with Gasteiger partial charge in [-0.15, -0.1) is 0 Å². The van der Waals surface area contributed by atoms with Crippen LogP contribution in [0.2, 0.25) is 0 Å². The third-order valence-electron chi connectivity index (χ3n) is 4.00. The average Bonchev–Trinajstić information content (AvgIpc) is 2.93. The van der Waals surface area contributed by atoms with Gasteiger partial charge in [0.05, 0.1) is 11.6 Å². The minimum absolute atomic E-state index is 0.0263. The van der Waals surface area contributed by atoms with Crippen LogP contribution in [0.25, 0.3) is 6.08 Å². The van der Waals surface area contributed by atoms with Crippen LogP contribution >= 0.6 is 0 Å². The highest BCUT2D eigenvalue weighted by Gasteiger charge is 2.30. The van der Waals surface area contributed by atoms with Gasteiger partial charge in [0.15, 0.2) is 0 Å². The van der Waals surface area contributed by atoms with Crippen LogP contribution in [0.5, 0.6) is 0 Å². The molecule has 6 heteroatoms. The van der Waals surface area contributed by atoms with Gasteiger partial charge in [-0.25, -0.2) is 9.18 Å². The van der Waals surface area contributed by atoms with Gasteiger partial charge >= 0.3 is 6.09 Å². The summed E-state index contributed by atoms with van der Waals surface area (Å²) in [6.45, 7) is 11.6. The van der Waals surface area contributed by atoms with Crippen molar-refractivity contribution in [2.45, 2.75) is 45.8 Å². The van der Waals surface area contributed by atoms with Crippen LogP contribution in [0, 0.1) is 12.7 Å². The number of alkyl carbamates (subject to hydrolysis) is 1. The Kier molecular flexibility index (Phi) is 5.50. The van der Waals surface area contributed by atoms with E-state index in [-0.39, 0.29) is 17.5 Å². The topological polar surface area (TPSA) is 58.6 Å². The second kappa shape index (κ2) is 7.25. The predicted molar refractivity (Wildman–Crippen MR) is 94.9 cm³/mol. The molecule has 1 aliphatic rings. The molecular weight excluding hydrogens is 323 g/mol. The normalized spacial score (nSPS) is 17.3. The van der Waals surface area contributed by atoms with E-state index < -0.39 is 17.5 Å². The lowest BCUT2D eigenvalue weighted by atomic mass is 10.0. The number of carbonyl (C=O) groups is 2. The van der Waals surface area contributed by atoms with Crippen LogP contribution < -0.4 is 5.32 Å². The summed E-state index contributed by atoms with van der Waals surface area (Å²) in [5.74, 6) is -0.925. The fraction of sp³-hybridized carbons (Fsp3) is 0.474. The van der Waals surface area contributed by atoms with Crippen LogP contribution in [0.4, 0.5) is 9.18 Å². The number of aryl methyl sites for hydroxylation is 1. The number of rotatable bonds is 3. The van der Waals surface area contributed by atoms with Crippen LogP contribution in [-0.2, 0) is 4.74 Å². The second-order valence-electron chi connectivity index (χ2n) is 7.28. The highest BCUT2D eigenvalue weighted by Crippen LogP contribution is 2.21. The molecule has 1 heterocycles. The molecule has 0 radical (unpaired) electrons. The van der Waals surface area contributed by atoms with Gasteiger partial charge in [0, 0.05) is 13.1 Å². The minimum atomic E-state index is -0.579. The maximum absolute atomic E-state index is 14.2. The fourth-order valence-corrected chi connectivity index (χ4v) is 2.78. The van der Waals surface area contributed by atoms with Crippen LogP contribution in [0.15, 0.2) is 18.7 Å². The van der Waals surface area contributed by atoms with E-state index in [2.05, 4.69) is 11.9 Å². The van der Waals surface area contributed by atoms with E-state index in [1.54, 1.807) is 38.7 Å². The lowest BCUT2D eigenvalue weighted by Gasteiger charge is -2.22. The fourth-order valence-electron chi connectivity index (χ4n) is 2.78. The summed E-state index contributed by atoms with van der Waals surface area (Å²) < 4.78 is 19.4. The monoisotopic (exact) mass is 348 g/mol. The maximum Gasteiger partial charge on any atom is 0.407 e. The first kappa shape index (κ1) is 19.0. The molecule has 25 heavy (non-hydrogen) atoms. The largest absolute Gasteiger partial charge is 0.444 e. The standard InChI is InChI=1S/C19H25FN2O3/c1-6-13-10-15(16(20)9-12(13)2)17(23)22-8-7-14(11-22)21-18(24)25-19(3,4)5/h6,9-10,14H,1,7-8,11H2,2-5H3,(H,21,24)/t14-/m1/s1. The molecular formula is C19H25FN2O3. The second-order valence-corrected chi connectivity index (χ2v) is 7.28. The summed E-state index contributed by atoms with van der Waals surface area (Å²) in [6.07, 6.45) is 1.69. The molecule has 1 fully saturated rings. The first-order chi connectivity index (χ1) is 11.6. The lowest BCUT2D eigenvalue weighted by molar-refractivity contribution is 0.0502. The Morgan fingerprint density at radius 1 is 1.40 bits per heavy atom. The third-order valence-corrected chi connectivity index (χ3v) is 4.00. The first-order valence-electron chi connectivity index (χ1n) is 8.32. The van der Waals surface area contributed by atoms with Gasteiger partial charge in [-0.05, 0) is 57.4 Å². The number of likely N-dealkylation sites (tertiary alicyclic amines) is 1. The van der Waals surface area contributed by atoms with Gasteiger partial charge in [-0.2, -0.15) is 0 Å². The molecule has 2 amide bonds. The van der Waals surface area contributed by atoms with E-state index in [4.69, 9.17) is 4.74 Å².